The summed E-state index contributed by atoms with van der Waals surface area (Å²) in [5.41, 5.74) is 0.149. The highest BCUT2D eigenvalue weighted by Crippen LogP contribution is 2.35. The average Bonchev–Trinajstić information content (AvgIpc) is 3.06. The van der Waals surface area contributed by atoms with Crippen LogP contribution in [0.1, 0.15) is 64.6 Å². The third-order valence-corrected chi connectivity index (χ3v) is 4.65. The maximum absolute atomic E-state index is 5.51. The third-order valence-electron chi connectivity index (χ3n) is 4.65. The van der Waals surface area contributed by atoms with E-state index in [0.717, 1.165) is 50.7 Å². The molecule has 0 saturated carbocycles. The van der Waals surface area contributed by atoms with E-state index in [1.165, 1.54) is 19.3 Å². The molecule has 5 nitrogen and oxygen atoms in total. The molecule has 5 heteroatoms. The highest BCUT2D eigenvalue weighted by Gasteiger charge is 2.40. The zero-order valence-electron chi connectivity index (χ0n) is 14.6. The van der Waals surface area contributed by atoms with Gasteiger partial charge in [-0.15, -0.1) is 0 Å². The van der Waals surface area contributed by atoms with Crippen molar-refractivity contribution in [2.24, 2.45) is 5.92 Å². The highest BCUT2D eigenvalue weighted by molar-refractivity contribution is 4.98. The van der Waals surface area contributed by atoms with E-state index in [-0.39, 0.29) is 5.54 Å². The smallest absolute Gasteiger partial charge is 0.240 e. The first-order valence-electron chi connectivity index (χ1n) is 8.65. The predicted molar refractivity (Wildman–Crippen MR) is 86.6 cm³/mol. The van der Waals surface area contributed by atoms with Gasteiger partial charge in [0.1, 0.15) is 0 Å². The molecular weight excluding hydrogens is 278 g/mol. The van der Waals surface area contributed by atoms with Crippen LogP contribution in [0.3, 0.4) is 0 Å². The molecular formula is C17H31N3O2. The van der Waals surface area contributed by atoms with Crippen LogP contribution in [0.5, 0.6) is 0 Å². The summed E-state index contributed by atoms with van der Waals surface area (Å²) in [4.78, 5) is 7.06. The van der Waals surface area contributed by atoms with Crippen molar-refractivity contribution in [3.63, 3.8) is 0 Å². The number of ether oxygens (including phenoxy) is 1. The van der Waals surface area contributed by atoms with Crippen molar-refractivity contribution in [2.75, 3.05) is 20.3 Å². The molecule has 1 atom stereocenters. The topological polar surface area (TPSA) is 51.4 Å². The van der Waals surface area contributed by atoms with Crippen LogP contribution in [0.25, 0.3) is 0 Å². The molecule has 2 heterocycles. The quantitative estimate of drug-likeness (QED) is 0.699. The van der Waals surface area contributed by atoms with Gasteiger partial charge in [-0.05, 0) is 38.1 Å². The summed E-state index contributed by atoms with van der Waals surface area (Å²) >= 11 is 0. The third kappa shape index (κ3) is 4.29. The normalized spacial score (nSPS) is 22.8. The lowest BCUT2D eigenvalue weighted by Crippen LogP contribution is -2.47. The molecule has 0 N–H and O–H groups in total. The molecule has 1 unspecified atom stereocenters. The van der Waals surface area contributed by atoms with E-state index in [1.807, 2.05) is 0 Å². The molecule has 1 aromatic heterocycles. The number of hydrogen-bond donors (Lipinski definition) is 0. The molecule has 0 amide bonds. The van der Waals surface area contributed by atoms with Crippen molar-refractivity contribution in [1.29, 1.82) is 0 Å². The van der Waals surface area contributed by atoms with Gasteiger partial charge in [0.25, 0.3) is 0 Å². The zero-order valence-corrected chi connectivity index (χ0v) is 14.6. The van der Waals surface area contributed by atoms with E-state index in [9.17, 15) is 0 Å². The Morgan fingerprint density at radius 2 is 2.23 bits per heavy atom. The summed E-state index contributed by atoms with van der Waals surface area (Å²) in [6, 6.07) is 0. The Bertz CT molecular complexity index is 439. The van der Waals surface area contributed by atoms with Crippen molar-refractivity contribution in [2.45, 2.75) is 71.4 Å². The molecule has 1 aliphatic rings. The molecule has 126 valence electrons. The Balaban J connectivity index is 1.99. The second kappa shape index (κ2) is 8.06. The van der Waals surface area contributed by atoms with Crippen molar-refractivity contribution >= 4 is 0 Å². The molecule has 0 radical (unpaired) electrons. The first-order chi connectivity index (χ1) is 10.6. The SMILES string of the molecule is CCCC1(COC)CCCN1Cc1nc(CCC(C)C)no1. The van der Waals surface area contributed by atoms with Gasteiger partial charge in [-0.3, -0.25) is 4.90 Å². The maximum Gasteiger partial charge on any atom is 0.240 e. The molecule has 0 bridgehead atoms. The van der Waals surface area contributed by atoms with Crippen LogP contribution in [0, 0.1) is 5.92 Å². The fourth-order valence-corrected chi connectivity index (χ4v) is 3.53. The molecule has 2 rings (SSSR count). The summed E-state index contributed by atoms with van der Waals surface area (Å²) in [6.07, 6.45) is 6.75. The number of nitrogens with zero attached hydrogens (tertiary/aromatic N) is 3. The summed E-state index contributed by atoms with van der Waals surface area (Å²) in [7, 11) is 1.80. The first kappa shape index (κ1) is 17.4. The van der Waals surface area contributed by atoms with E-state index in [4.69, 9.17) is 9.26 Å². The summed E-state index contributed by atoms with van der Waals surface area (Å²) < 4.78 is 11.0. The van der Waals surface area contributed by atoms with Gasteiger partial charge in [-0.2, -0.15) is 4.98 Å². The van der Waals surface area contributed by atoms with Crippen LogP contribution in [-0.2, 0) is 17.7 Å². The number of rotatable bonds is 9. The Hall–Kier alpha value is -0.940. The summed E-state index contributed by atoms with van der Waals surface area (Å²) in [6.45, 7) is 9.30. The fraction of sp³-hybridized carbons (Fsp3) is 0.882. The summed E-state index contributed by atoms with van der Waals surface area (Å²) in [5.74, 6) is 2.26. The minimum absolute atomic E-state index is 0.149. The van der Waals surface area contributed by atoms with Gasteiger partial charge in [-0.1, -0.05) is 32.3 Å². The van der Waals surface area contributed by atoms with Crippen molar-refractivity contribution < 1.29 is 9.26 Å². The monoisotopic (exact) mass is 309 g/mol. The molecule has 0 aromatic carbocycles. The van der Waals surface area contributed by atoms with Crippen LogP contribution >= 0.6 is 0 Å². The number of aromatic nitrogens is 2. The van der Waals surface area contributed by atoms with Crippen molar-refractivity contribution in [1.82, 2.24) is 15.0 Å². The lowest BCUT2D eigenvalue weighted by atomic mass is 9.91. The molecule has 22 heavy (non-hydrogen) atoms. The zero-order chi connectivity index (χ0) is 16.0. The van der Waals surface area contributed by atoms with Crippen molar-refractivity contribution in [3.05, 3.63) is 11.7 Å². The second-order valence-corrected chi connectivity index (χ2v) is 6.97. The van der Waals surface area contributed by atoms with E-state index in [0.29, 0.717) is 5.92 Å². The van der Waals surface area contributed by atoms with Crippen LogP contribution in [-0.4, -0.2) is 40.8 Å². The standard InChI is InChI=1S/C17H31N3O2/c1-5-9-17(13-21-4)10-6-11-20(17)12-16-18-15(19-22-16)8-7-14(2)3/h14H,5-13H2,1-4H3. The molecule has 1 saturated heterocycles. The maximum atomic E-state index is 5.51. The van der Waals surface area contributed by atoms with Gasteiger partial charge in [0.15, 0.2) is 5.82 Å². The molecule has 0 aliphatic carbocycles. The number of hydrogen-bond acceptors (Lipinski definition) is 5. The minimum atomic E-state index is 0.149. The molecule has 0 spiro atoms. The van der Waals surface area contributed by atoms with Gasteiger partial charge in [-0.25, -0.2) is 0 Å². The lowest BCUT2D eigenvalue weighted by Gasteiger charge is -2.37. The van der Waals surface area contributed by atoms with Crippen LogP contribution in [0.4, 0.5) is 0 Å². The number of likely N-dealkylation sites (tertiary alicyclic amines) is 1. The number of methoxy groups -OCH3 is 1. The van der Waals surface area contributed by atoms with E-state index >= 15 is 0 Å². The lowest BCUT2D eigenvalue weighted by molar-refractivity contribution is 0.0212. The van der Waals surface area contributed by atoms with Gasteiger partial charge in [0.2, 0.25) is 5.89 Å². The Labute approximate surface area is 134 Å². The van der Waals surface area contributed by atoms with Crippen LogP contribution in [0.2, 0.25) is 0 Å². The van der Waals surface area contributed by atoms with E-state index in [1.54, 1.807) is 7.11 Å². The Morgan fingerprint density at radius 3 is 2.91 bits per heavy atom. The van der Waals surface area contributed by atoms with Gasteiger partial charge >= 0.3 is 0 Å². The van der Waals surface area contributed by atoms with Gasteiger partial charge in [0, 0.05) is 19.1 Å². The first-order valence-corrected chi connectivity index (χ1v) is 8.65. The average molecular weight is 309 g/mol. The van der Waals surface area contributed by atoms with E-state index < -0.39 is 0 Å². The predicted octanol–water partition coefficient (Wildman–Crippen LogP) is 3.44. The Morgan fingerprint density at radius 1 is 1.41 bits per heavy atom. The summed E-state index contributed by atoms with van der Waals surface area (Å²) in [5, 5.41) is 4.13. The van der Waals surface area contributed by atoms with Crippen LogP contribution < -0.4 is 0 Å². The molecule has 1 aromatic rings. The Kier molecular flexibility index (Phi) is 6.38. The van der Waals surface area contributed by atoms with Crippen molar-refractivity contribution in [3.8, 4) is 0 Å². The van der Waals surface area contributed by atoms with E-state index in [2.05, 4.69) is 35.8 Å². The molecule has 1 aliphatic heterocycles. The largest absolute Gasteiger partial charge is 0.383 e. The second-order valence-electron chi connectivity index (χ2n) is 6.97. The fourth-order valence-electron chi connectivity index (χ4n) is 3.53. The number of aryl methyl sites for hydroxylation is 1. The van der Waals surface area contributed by atoms with Gasteiger partial charge < -0.3 is 9.26 Å². The molecule has 1 fully saturated rings. The van der Waals surface area contributed by atoms with Crippen LogP contribution in [0.15, 0.2) is 4.52 Å². The minimum Gasteiger partial charge on any atom is -0.383 e. The van der Waals surface area contributed by atoms with Gasteiger partial charge in [0.05, 0.1) is 13.2 Å². The highest BCUT2D eigenvalue weighted by atomic mass is 16.5.